The number of hydrogen-bond donors (Lipinski definition) is 1. The summed E-state index contributed by atoms with van der Waals surface area (Å²) in [6.45, 7) is 3.92. The second-order valence-electron chi connectivity index (χ2n) is 6.20. The highest BCUT2D eigenvalue weighted by Gasteiger charge is 2.30. The molecule has 20 heavy (non-hydrogen) atoms. The maximum absolute atomic E-state index is 12.4. The minimum absolute atomic E-state index is 0.0227. The van der Waals surface area contributed by atoms with E-state index in [-0.39, 0.29) is 6.03 Å². The van der Waals surface area contributed by atoms with Gasteiger partial charge in [-0.1, -0.05) is 0 Å². The number of urea groups is 1. The van der Waals surface area contributed by atoms with Crippen molar-refractivity contribution in [3.8, 4) is 0 Å². The van der Waals surface area contributed by atoms with Gasteiger partial charge in [-0.25, -0.2) is 4.79 Å². The van der Waals surface area contributed by atoms with Crippen LogP contribution in [0.25, 0.3) is 0 Å². The summed E-state index contributed by atoms with van der Waals surface area (Å²) >= 11 is 0. The van der Waals surface area contributed by atoms with Crippen LogP contribution in [-0.4, -0.2) is 78.6 Å². The number of hydrogen-bond acceptors (Lipinski definition) is 3. The van der Waals surface area contributed by atoms with Crippen molar-refractivity contribution in [3.05, 3.63) is 0 Å². The number of carboxylic acid groups (broad SMARTS) is 1. The van der Waals surface area contributed by atoms with Crippen LogP contribution >= 0.6 is 0 Å². The number of carbonyl (C=O) groups excluding carboxylic acids is 1. The zero-order valence-corrected chi connectivity index (χ0v) is 12.4. The lowest BCUT2D eigenvalue weighted by Gasteiger charge is -2.34. The normalized spacial score (nSPS) is 27.6. The SMILES string of the molecule is CN1CCC(CN(C)C(=O)N2CCC[C@H](C(=O)O)C2)C1. The van der Waals surface area contributed by atoms with E-state index in [4.69, 9.17) is 5.11 Å². The lowest BCUT2D eigenvalue weighted by molar-refractivity contribution is -0.143. The second-order valence-corrected chi connectivity index (χ2v) is 6.20. The van der Waals surface area contributed by atoms with Gasteiger partial charge in [-0.2, -0.15) is 0 Å². The molecule has 2 amide bonds. The Morgan fingerprint density at radius 2 is 2.00 bits per heavy atom. The molecule has 2 aliphatic rings. The number of likely N-dealkylation sites (tertiary alicyclic amines) is 2. The number of carboxylic acids is 1. The van der Waals surface area contributed by atoms with Crippen molar-refractivity contribution in [1.82, 2.24) is 14.7 Å². The maximum Gasteiger partial charge on any atom is 0.319 e. The maximum atomic E-state index is 12.4. The van der Waals surface area contributed by atoms with Crippen molar-refractivity contribution in [1.29, 1.82) is 0 Å². The Kier molecular flexibility index (Phi) is 4.86. The van der Waals surface area contributed by atoms with E-state index in [1.807, 2.05) is 7.05 Å². The largest absolute Gasteiger partial charge is 0.481 e. The summed E-state index contributed by atoms with van der Waals surface area (Å²) in [7, 11) is 3.93. The summed E-state index contributed by atoms with van der Waals surface area (Å²) in [5.41, 5.74) is 0. The molecule has 0 bridgehead atoms. The smallest absolute Gasteiger partial charge is 0.319 e. The lowest BCUT2D eigenvalue weighted by atomic mass is 9.98. The van der Waals surface area contributed by atoms with Crippen molar-refractivity contribution in [2.45, 2.75) is 19.3 Å². The monoisotopic (exact) mass is 283 g/mol. The summed E-state index contributed by atoms with van der Waals surface area (Å²) in [5, 5.41) is 9.08. The van der Waals surface area contributed by atoms with E-state index in [1.54, 1.807) is 9.80 Å². The summed E-state index contributed by atoms with van der Waals surface area (Å²) in [5.74, 6) is -0.657. The van der Waals surface area contributed by atoms with Crippen LogP contribution in [-0.2, 0) is 4.79 Å². The van der Waals surface area contributed by atoms with Gasteiger partial charge >= 0.3 is 12.0 Å². The van der Waals surface area contributed by atoms with Gasteiger partial charge in [0.25, 0.3) is 0 Å². The Bertz CT molecular complexity index is 375. The van der Waals surface area contributed by atoms with Gasteiger partial charge < -0.3 is 19.8 Å². The molecular weight excluding hydrogens is 258 g/mol. The van der Waals surface area contributed by atoms with E-state index in [2.05, 4.69) is 11.9 Å². The zero-order chi connectivity index (χ0) is 14.7. The first-order chi connectivity index (χ1) is 9.47. The Morgan fingerprint density at radius 1 is 1.25 bits per heavy atom. The second kappa shape index (κ2) is 6.43. The van der Waals surface area contributed by atoms with Crippen LogP contribution in [0.5, 0.6) is 0 Å². The highest BCUT2D eigenvalue weighted by Crippen LogP contribution is 2.19. The Morgan fingerprint density at radius 3 is 2.60 bits per heavy atom. The molecule has 1 unspecified atom stereocenters. The highest BCUT2D eigenvalue weighted by molar-refractivity contribution is 5.76. The summed E-state index contributed by atoms with van der Waals surface area (Å²) in [6, 6.07) is -0.0227. The average Bonchev–Trinajstić information content (AvgIpc) is 2.83. The standard InChI is InChI=1S/C14H25N3O3/c1-15-7-5-11(8-15)9-16(2)14(20)17-6-3-4-12(10-17)13(18)19/h11-12H,3-10H2,1-2H3,(H,18,19)/t11?,12-/m0/s1. The third kappa shape index (κ3) is 3.62. The van der Waals surface area contributed by atoms with Crippen LogP contribution in [0.3, 0.4) is 0 Å². The summed E-state index contributed by atoms with van der Waals surface area (Å²) in [6.07, 6.45) is 2.59. The predicted molar refractivity (Wildman–Crippen MR) is 75.6 cm³/mol. The van der Waals surface area contributed by atoms with Crippen molar-refractivity contribution in [2.75, 3.05) is 46.8 Å². The molecule has 0 aliphatic carbocycles. The average molecular weight is 283 g/mol. The first-order valence-corrected chi connectivity index (χ1v) is 7.38. The van der Waals surface area contributed by atoms with E-state index in [0.717, 1.165) is 32.5 Å². The molecule has 0 saturated carbocycles. The highest BCUT2D eigenvalue weighted by atomic mass is 16.4. The van der Waals surface area contributed by atoms with Gasteiger partial charge in [0.2, 0.25) is 0 Å². The van der Waals surface area contributed by atoms with Crippen molar-refractivity contribution in [3.63, 3.8) is 0 Å². The van der Waals surface area contributed by atoms with Crippen molar-refractivity contribution < 1.29 is 14.7 Å². The van der Waals surface area contributed by atoms with Gasteiger partial charge in [-0.05, 0) is 38.8 Å². The molecule has 2 aliphatic heterocycles. The predicted octanol–water partition coefficient (Wildman–Crippen LogP) is 0.786. The Balaban J connectivity index is 1.84. The van der Waals surface area contributed by atoms with E-state index in [1.165, 1.54) is 0 Å². The van der Waals surface area contributed by atoms with Crippen molar-refractivity contribution in [2.24, 2.45) is 11.8 Å². The third-order valence-electron chi connectivity index (χ3n) is 4.39. The molecule has 2 heterocycles. The minimum Gasteiger partial charge on any atom is -0.481 e. The van der Waals surface area contributed by atoms with Crippen LogP contribution in [0.2, 0.25) is 0 Å². The van der Waals surface area contributed by atoms with E-state index in [0.29, 0.717) is 25.4 Å². The van der Waals surface area contributed by atoms with Gasteiger partial charge in [0.05, 0.1) is 5.92 Å². The molecular formula is C14H25N3O3. The fourth-order valence-electron chi connectivity index (χ4n) is 3.23. The van der Waals surface area contributed by atoms with Crippen LogP contribution in [0.15, 0.2) is 0 Å². The van der Waals surface area contributed by atoms with Crippen molar-refractivity contribution >= 4 is 12.0 Å². The van der Waals surface area contributed by atoms with Gasteiger partial charge in [0.1, 0.15) is 0 Å². The van der Waals surface area contributed by atoms with Crippen LogP contribution < -0.4 is 0 Å². The van der Waals surface area contributed by atoms with Gasteiger partial charge in [0, 0.05) is 33.2 Å². The first-order valence-electron chi connectivity index (χ1n) is 7.38. The quantitative estimate of drug-likeness (QED) is 0.831. The number of aliphatic carboxylic acids is 1. The van der Waals surface area contributed by atoms with Crippen LogP contribution in [0, 0.1) is 11.8 Å². The van der Waals surface area contributed by atoms with E-state index < -0.39 is 11.9 Å². The fraction of sp³-hybridized carbons (Fsp3) is 0.857. The molecule has 0 radical (unpaired) electrons. The summed E-state index contributed by atoms with van der Waals surface area (Å²) in [4.78, 5) is 29.2. The summed E-state index contributed by atoms with van der Waals surface area (Å²) < 4.78 is 0. The molecule has 0 aromatic heterocycles. The van der Waals surface area contributed by atoms with Crippen LogP contribution in [0.1, 0.15) is 19.3 Å². The lowest BCUT2D eigenvalue weighted by Crippen LogP contribution is -2.48. The van der Waals surface area contributed by atoms with E-state index >= 15 is 0 Å². The molecule has 2 saturated heterocycles. The molecule has 114 valence electrons. The van der Waals surface area contributed by atoms with Gasteiger partial charge in [-0.15, -0.1) is 0 Å². The zero-order valence-electron chi connectivity index (χ0n) is 12.4. The Labute approximate surface area is 120 Å². The van der Waals surface area contributed by atoms with Gasteiger partial charge in [-0.3, -0.25) is 4.79 Å². The minimum atomic E-state index is -0.789. The Hall–Kier alpha value is -1.30. The molecule has 0 aromatic carbocycles. The molecule has 1 N–H and O–H groups in total. The molecule has 2 atom stereocenters. The molecule has 0 spiro atoms. The molecule has 6 heteroatoms. The molecule has 6 nitrogen and oxygen atoms in total. The first kappa shape index (κ1) is 15.1. The third-order valence-corrected chi connectivity index (χ3v) is 4.39. The number of amides is 2. The molecule has 2 rings (SSSR count). The van der Waals surface area contributed by atoms with Crippen LogP contribution in [0.4, 0.5) is 4.79 Å². The number of rotatable bonds is 3. The number of piperidine rings is 1. The number of nitrogens with zero attached hydrogens (tertiary/aromatic N) is 3. The van der Waals surface area contributed by atoms with E-state index in [9.17, 15) is 9.59 Å². The fourth-order valence-corrected chi connectivity index (χ4v) is 3.23. The molecule has 0 aromatic rings. The topological polar surface area (TPSA) is 64.1 Å². The molecule has 2 fully saturated rings. The number of carbonyl (C=O) groups is 2. The van der Waals surface area contributed by atoms with Gasteiger partial charge in [0.15, 0.2) is 0 Å².